The number of allylic oxidation sites excluding steroid dienone is 1. The Kier molecular flexibility index (Phi) is 2.68. The molecule has 3 aromatic rings. The number of aromatic amines is 1. The number of fused-ring (bicyclic) bond motifs is 1. The molecule has 0 saturated heterocycles. The molecule has 3 rings (SSSR count). The van der Waals surface area contributed by atoms with E-state index in [0.29, 0.717) is 0 Å². The molecule has 0 atom stereocenters. The summed E-state index contributed by atoms with van der Waals surface area (Å²) in [4.78, 5) is 7.88. The van der Waals surface area contributed by atoms with Crippen molar-refractivity contribution >= 4 is 11.0 Å². The van der Waals surface area contributed by atoms with E-state index in [9.17, 15) is 0 Å². The standard InChI is InChI=1S/C14H15N4/c1-2-7-17-8-9-18(11-17)10-14-15-12-5-3-4-6-13(12)16-14/h2-6,8-9,11H,1,7,10H2,(H,15,16)/q+1. The van der Waals surface area contributed by atoms with Gasteiger partial charge in [-0.05, 0) is 12.1 Å². The molecule has 0 radical (unpaired) electrons. The first kappa shape index (κ1) is 10.8. The Morgan fingerprint density at radius 1 is 1.39 bits per heavy atom. The summed E-state index contributed by atoms with van der Waals surface area (Å²) in [5.74, 6) is 0.970. The number of H-pyrrole nitrogens is 1. The van der Waals surface area contributed by atoms with Gasteiger partial charge in [0.05, 0.1) is 11.0 Å². The summed E-state index contributed by atoms with van der Waals surface area (Å²) in [6, 6.07) is 8.07. The maximum absolute atomic E-state index is 4.56. The van der Waals surface area contributed by atoms with Crippen molar-refractivity contribution in [3.63, 3.8) is 0 Å². The van der Waals surface area contributed by atoms with Crippen LogP contribution in [0, 0.1) is 0 Å². The van der Waals surface area contributed by atoms with Gasteiger partial charge in [-0.1, -0.05) is 24.8 Å². The average Bonchev–Trinajstić information content (AvgIpc) is 2.96. The van der Waals surface area contributed by atoms with Crippen molar-refractivity contribution < 1.29 is 4.57 Å². The Morgan fingerprint density at radius 3 is 3.11 bits per heavy atom. The van der Waals surface area contributed by atoms with E-state index in [2.05, 4.69) is 32.0 Å². The zero-order valence-corrected chi connectivity index (χ0v) is 10.1. The van der Waals surface area contributed by atoms with E-state index in [-0.39, 0.29) is 0 Å². The molecule has 4 nitrogen and oxygen atoms in total. The van der Waals surface area contributed by atoms with Crippen LogP contribution in [0.4, 0.5) is 0 Å². The van der Waals surface area contributed by atoms with Crippen molar-refractivity contribution in [3.05, 3.63) is 61.5 Å². The molecule has 0 aliphatic heterocycles. The fourth-order valence-electron chi connectivity index (χ4n) is 2.04. The molecule has 0 unspecified atom stereocenters. The molecule has 2 aromatic heterocycles. The highest BCUT2D eigenvalue weighted by molar-refractivity contribution is 5.74. The number of nitrogens with zero attached hydrogens (tertiary/aromatic N) is 3. The molecule has 0 saturated carbocycles. The van der Waals surface area contributed by atoms with Crippen LogP contribution in [0.1, 0.15) is 5.82 Å². The minimum atomic E-state index is 0.749. The van der Waals surface area contributed by atoms with E-state index in [1.54, 1.807) is 0 Å². The second-order valence-electron chi connectivity index (χ2n) is 4.27. The van der Waals surface area contributed by atoms with Crippen LogP contribution in [0.15, 0.2) is 55.6 Å². The van der Waals surface area contributed by atoms with Gasteiger partial charge in [-0.25, -0.2) is 14.1 Å². The summed E-state index contributed by atoms with van der Waals surface area (Å²) in [5.41, 5.74) is 2.09. The number of para-hydroxylation sites is 2. The smallest absolute Gasteiger partial charge is 0.244 e. The fraction of sp³-hybridized carbons (Fsp3) is 0.143. The van der Waals surface area contributed by atoms with Crippen LogP contribution in [0.5, 0.6) is 0 Å². The van der Waals surface area contributed by atoms with Crippen LogP contribution in [-0.4, -0.2) is 14.5 Å². The molecule has 0 bridgehead atoms. The van der Waals surface area contributed by atoms with E-state index < -0.39 is 0 Å². The van der Waals surface area contributed by atoms with Gasteiger partial charge in [0, 0.05) is 0 Å². The van der Waals surface area contributed by atoms with E-state index >= 15 is 0 Å². The van der Waals surface area contributed by atoms with Crippen molar-refractivity contribution in [2.45, 2.75) is 13.1 Å². The highest BCUT2D eigenvalue weighted by Gasteiger charge is 2.07. The molecule has 0 amide bonds. The molecule has 4 heteroatoms. The van der Waals surface area contributed by atoms with Gasteiger partial charge in [0.1, 0.15) is 31.3 Å². The molecule has 1 aromatic carbocycles. The monoisotopic (exact) mass is 239 g/mol. The van der Waals surface area contributed by atoms with E-state index in [1.807, 2.05) is 42.7 Å². The molecule has 0 spiro atoms. The number of nitrogens with one attached hydrogen (secondary N) is 1. The third-order valence-corrected chi connectivity index (χ3v) is 2.86. The zero-order chi connectivity index (χ0) is 12.4. The molecule has 90 valence electrons. The van der Waals surface area contributed by atoms with E-state index in [1.165, 1.54) is 0 Å². The van der Waals surface area contributed by atoms with Crippen molar-refractivity contribution in [2.24, 2.45) is 0 Å². The number of benzene rings is 1. The van der Waals surface area contributed by atoms with Gasteiger partial charge in [0.25, 0.3) is 0 Å². The lowest BCUT2D eigenvalue weighted by molar-refractivity contribution is -0.688. The Morgan fingerprint density at radius 2 is 2.28 bits per heavy atom. The molecule has 1 N–H and O–H groups in total. The molecular formula is C14H15N4+. The third kappa shape index (κ3) is 2.05. The molecule has 0 aliphatic carbocycles. The summed E-state index contributed by atoms with van der Waals surface area (Å²) in [6.07, 6.45) is 8.00. The summed E-state index contributed by atoms with van der Waals surface area (Å²) in [7, 11) is 0. The lowest BCUT2D eigenvalue weighted by atomic mass is 10.3. The number of rotatable bonds is 4. The first-order valence-corrected chi connectivity index (χ1v) is 5.94. The van der Waals surface area contributed by atoms with Crippen molar-refractivity contribution in [2.75, 3.05) is 0 Å². The van der Waals surface area contributed by atoms with Gasteiger partial charge in [0.15, 0.2) is 0 Å². The molecule has 2 heterocycles. The minimum absolute atomic E-state index is 0.749. The largest absolute Gasteiger partial charge is 0.339 e. The van der Waals surface area contributed by atoms with Crippen molar-refractivity contribution in [3.8, 4) is 0 Å². The summed E-state index contributed by atoms with van der Waals surface area (Å²) >= 11 is 0. The van der Waals surface area contributed by atoms with Crippen LogP contribution >= 0.6 is 0 Å². The van der Waals surface area contributed by atoms with Crippen LogP contribution in [0.3, 0.4) is 0 Å². The van der Waals surface area contributed by atoms with Crippen molar-refractivity contribution in [1.82, 2.24) is 14.5 Å². The average molecular weight is 239 g/mol. The molecular weight excluding hydrogens is 224 g/mol. The number of hydrogen-bond acceptors (Lipinski definition) is 1. The van der Waals surface area contributed by atoms with E-state index in [0.717, 1.165) is 29.9 Å². The topological polar surface area (TPSA) is 37.5 Å². The molecule has 18 heavy (non-hydrogen) atoms. The predicted molar refractivity (Wildman–Crippen MR) is 70.0 cm³/mol. The SMILES string of the molecule is C=CCn1cc[n+](Cc2nc3ccccc3[nH]2)c1. The maximum atomic E-state index is 4.56. The summed E-state index contributed by atoms with van der Waals surface area (Å²) in [6.45, 7) is 5.30. The Balaban J connectivity index is 1.84. The summed E-state index contributed by atoms with van der Waals surface area (Å²) < 4.78 is 4.18. The predicted octanol–water partition coefficient (Wildman–Crippen LogP) is 1.89. The van der Waals surface area contributed by atoms with Gasteiger partial charge in [0.2, 0.25) is 6.33 Å². The lowest BCUT2D eigenvalue weighted by Gasteiger charge is -1.91. The summed E-state index contributed by atoms with van der Waals surface area (Å²) in [5, 5.41) is 0. The highest BCUT2D eigenvalue weighted by atomic mass is 15.1. The number of aromatic nitrogens is 4. The fourth-order valence-corrected chi connectivity index (χ4v) is 2.04. The Bertz CT molecular complexity index is 645. The van der Waals surface area contributed by atoms with Crippen LogP contribution in [0.2, 0.25) is 0 Å². The maximum Gasteiger partial charge on any atom is 0.244 e. The third-order valence-electron chi connectivity index (χ3n) is 2.86. The minimum Gasteiger partial charge on any atom is -0.339 e. The van der Waals surface area contributed by atoms with Crippen LogP contribution in [0.25, 0.3) is 11.0 Å². The van der Waals surface area contributed by atoms with Gasteiger partial charge >= 0.3 is 0 Å². The van der Waals surface area contributed by atoms with Gasteiger partial charge < -0.3 is 4.98 Å². The molecule has 0 aliphatic rings. The second-order valence-corrected chi connectivity index (χ2v) is 4.27. The molecule has 0 fully saturated rings. The first-order chi connectivity index (χ1) is 8.85. The van der Waals surface area contributed by atoms with Gasteiger partial charge in [-0.2, -0.15) is 0 Å². The van der Waals surface area contributed by atoms with Crippen LogP contribution in [-0.2, 0) is 13.1 Å². The van der Waals surface area contributed by atoms with E-state index in [4.69, 9.17) is 0 Å². The Labute approximate surface area is 105 Å². The number of hydrogen-bond donors (Lipinski definition) is 1. The highest BCUT2D eigenvalue weighted by Crippen LogP contribution is 2.09. The number of imidazole rings is 2. The second kappa shape index (κ2) is 4.49. The Hall–Kier alpha value is -2.36. The first-order valence-electron chi connectivity index (χ1n) is 5.94. The van der Waals surface area contributed by atoms with Crippen molar-refractivity contribution in [1.29, 1.82) is 0 Å². The van der Waals surface area contributed by atoms with Crippen LogP contribution < -0.4 is 4.57 Å². The van der Waals surface area contributed by atoms with Gasteiger partial charge in [-0.15, -0.1) is 0 Å². The normalized spacial score (nSPS) is 10.9. The zero-order valence-electron chi connectivity index (χ0n) is 10.1. The van der Waals surface area contributed by atoms with Gasteiger partial charge in [-0.3, -0.25) is 0 Å². The quantitative estimate of drug-likeness (QED) is 0.548. The lowest BCUT2D eigenvalue weighted by Crippen LogP contribution is -2.32.